The third-order valence-corrected chi connectivity index (χ3v) is 4.67. The fourth-order valence-electron chi connectivity index (χ4n) is 2.52. The number of ether oxygens (including phenoxy) is 2. The zero-order valence-corrected chi connectivity index (χ0v) is 13.5. The topological polar surface area (TPSA) is 60.5 Å². The van der Waals surface area contributed by atoms with Gasteiger partial charge in [-0.2, -0.15) is 0 Å². The molecule has 0 spiro atoms. The highest BCUT2D eigenvalue weighted by atomic mass is 32.1. The Kier molecular flexibility index (Phi) is 3.20. The molecule has 5 nitrogen and oxygen atoms in total. The van der Waals surface area contributed by atoms with Gasteiger partial charge < -0.3 is 9.47 Å². The van der Waals surface area contributed by atoms with Gasteiger partial charge in [0.2, 0.25) is 6.79 Å². The minimum atomic E-state index is -0.148. The van der Waals surface area contributed by atoms with Crippen LogP contribution in [0.5, 0.6) is 11.5 Å². The van der Waals surface area contributed by atoms with Gasteiger partial charge in [0.25, 0.3) is 5.91 Å². The van der Waals surface area contributed by atoms with E-state index < -0.39 is 0 Å². The van der Waals surface area contributed by atoms with E-state index in [1.807, 2.05) is 44.2 Å². The highest BCUT2D eigenvalue weighted by Crippen LogP contribution is 2.39. The van der Waals surface area contributed by atoms with Crippen LogP contribution in [-0.2, 0) is 0 Å². The van der Waals surface area contributed by atoms with E-state index in [0.717, 1.165) is 21.3 Å². The Balaban J connectivity index is 1.65. The van der Waals surface area contributed by atoms with Crippen molar-refractivity contribution in [2.24, 2.45) is 0 Å². The van der Waals surface area contributed by atoms with Crippen LogP contribution in [0.25, 0.3) is 10.2 Å². The summed E-state index contributed by atoms with van der Waals surface area (Å²) in [7, 11) is 0. The predicted molar refractivity (Wildman–Crippen MR) is 89.6 cm³/mol. The molecule has 0 saturated carbocycles. The average molecular weight is 326 g/mol. The molecule has 0 saturated heterocycles. The van der Waals surface area contributed by atoms with Gasteiger partial charge in [0.15, 0.2) is 16.6 Å². The quantitative estimate of drug-likeness (QED) is 0.776. The number of fused-ring (bicyclic) bond motifs is 2. The van der Waals surface area contributed by atoms with Gasteiger partial charge in [-0.1, -0.05) is 29.0 Å². The van der Waals surface area contributed by atoms with E-state index in [-0.39, 0.29) is 12.7 Å². The van der Waals surface area contributed by atoms with E-state index in [2.05, 4.69) is 10.3 Å². The number of benzene rings is 2. The number of hydrogen-bond acceptors (Lipinski definition) is 5. The molecule has 1 amide bonds. The summed E-state index contributed by atoms with van der Waals surface area (Å²) in [5.74, 6) is 1.26. The average Bonchev–Trinajstić information content (AvgIpc) is 3.12. The van der Waals surface area contributed by atoms with Crippen LogP contribution in [0, 0.1) is 13.8 Å². The van der Waals surface area contributed by atoms with Crippen LogP contribution in [0.3, 0.4) is 0 Å². The van der Waals surface area contributed by atoms with Gasteiger partial charge in [-0.15, -0.1) is 0 Å². The number of nitrogens with zero attached hydrogens (tertiary/aromatic N) is 1. The smallest absolute Gasteiger partial charge is 0.257 e. The zero-order valence-electron chi connectivity index (χ0n) is 12.7. The van der Waals surface area contributed by atoms with E-state index in [9.17, 15) is 4.79 Å². The molecule has 0 radical (unpaired) electrons. The fourth-order valence-corrected chi connectivity index (χ4v) is 3.39. The Labute approximate surface area is 136 Å². The van der Waals surface area contributed by atoms with E-state index in [1.54, 1.807) is 0 Å². The van der Waals surface area contributed by atoms with E-state index >= 15 is 0 Å². The second kappa shape index (κ2) is 5.24. The molecule has 1 N–H and O–H groups in total. The number of rotatable bonds is 2. The minimum absolute atomic E-state index is 0.148. The molecule has 0 unspecified atom stereocenters. The number of anilines is 1. The Bertz CT molecular complexity index is 892. The standard InChI is InChI=1S/C17H14N2O3S/c1-9-3-4-10(2)11(5-9)16(20)19-17-18-12-6-13-14(22-8-21-13)7-15(12)23-17/h3-7H,8H2,1-2H3,(H,18,19,20). The maximum atomic E-state index is 12.5. The highest BCUT2D eigenvalue weighted by Gasteiger charge is 2.18. The molecular weight excluding hydrogens is 312 g/mol. The molecule has 0 atom stereocenters. The van der Waals surface area contributed by atoms with Crippen molar-refractivity contribution in [2.45, 2.75) is 13.8 Å². The molecule has 1 aliphatic heterocycles. The van der Waals surface area contributed by atoms with Gasteiger partial charge in [-0.3, -0.25) is 10.1 Å². The zero-order chi connectivity index (χ0) is 16.0. The molecule has 2 aromatic carbocycles. The number of thiazole rings is 1. The summed E-state index contributed by atoms with van der Waals surface area (Å²) in [4.78, 5) is 16.9. The lowest BCUT2D eigenvalue weighted by molar-refractivity contribution is 0.102. The van der Waals surface area contributed by atoms with E-state index in [0.29, 0.717) is 22.2 Å². The van der Waals surface area contributed by atoms with Gasteiger partial charge in [0.1, 0.15) is 0 Å². The molecule has 4 rings (SSSR count). The number of nitrogens with one attached hydrogen (secondary N) is 1. The van der Waals surface area contributed by atoms with Crippen LogP contribution in [0.4, 0.5) is 5.13 Å². The maximum absolute atomic E-state index is 12.5. The number of hydrogen-bond donors (Lipinski definition) is 1. The van der Waals surface area contributed by atoms with E-state index in [1.165, 1.54) is 11.3 Å². The lowest BCUT2D eigenvalue weighted by Gasteiger charge is -2.06. The molecule has 0 fully saturated rings. The van der Waals surface area contributed by atoms with Gasteiger partial charge in [-0.25, -0.2) is 4.98 Å². The second-order valence-corrected chi connectivity index (χ2v) is 6.50. The first-order valence-corrected chi connectivity index (χ1v) is 8.00. The number of amides is 1. The van der Waals surface area contributed by atoms with Crippen LogP contribution >= 0.6 is 11.3 Å². The Hall–Kier alpha value is -2.60. The molecule has 3 aromatic rings. The highest BCUT2D eigenvalue weighted by molar-refractivity contribution is 7.22. The number of carbonyl (C=O) groups excluding carboxylic acids is 1. The van der Waals surface area contributed by atoms with Crippen LogP contribution in [-0.4, -0.2) is 17.7 Å². The SMILES string of the molecule is Cc1ccc(C)c(C(=O)Nc2nc3cc4c(cc3s2)OCO4)c1. The first-order chi connectivity index (χ1) is 11.1. The van der Waals surface area contributed by atoms with Gasteiger partial charge in [-0.05, 0) is 25.5 Å². The molecule has 2 heterocycles. The first-order valence-electron chi connectivity index (χ1n) is 7.19. The van der Waals surface area contributed by atoms with Crippen molar-refractivity contribution in [1.82, 2.24) is 4.98 Å². The molecule has 116 valence electrons. The molecule has 1 aromatic heterocycles. The van der Waals surface area contributed by atoms with Crippen LogP contribution in [0.2, 0.25) is 0 Å². The Morgan fingerprint density at radius 3 is 2.78 bits per heavy atom. The third kappa shape index (κ3) is 2.51. The number of aryl methyl sites for hydroxylation is 2. The summed E-state index contributed by atoms with van der Waals surface area (Å²) in [6.45, 7) is 4.13. The van der Waals surface area contributed by atoms with Crippen molar-refractivity contribution in [3.63, 3.8) is 0 Å². The van der Waals surface area contributed by atoms with Crippen molar-refractivity contribution in [3.05, 3.63) is 47.0 Å². The van der Waals surface area contributed by atoms with Crippen LogP contribution in [0.1, 0.15) is 21.5 Å². The van der Waals surface area contributed by atoms with Crippen LogP contribution < -0.4 is 14.8 Å². The second-order valence-electron chi connectivity index (χ2n) is 5.46. The first kappa shape index (κ1) is 14.0. The minimum Gasteiger partial charge on any atom is -0.454 e. The summed E-state index contributed by atoms with van der Waals surface area (Å²) in [5, 5.41) is 3.44. The summed E-state index contributed by atoms with van der Waals surface area (Å²) in [5.41, 5.74) is 3.44. The van der Waals surface area contributed by atoms with Gasteiger partial charge in [0.05, 0.1) is 10.2 Å². The van der Waals surface area contributed by atoms with Crippen LogP contribution in [0.15, 0.2) is 30.3 Å². The third-order valence-electron chi connectivity index (χ3n) is 3.74. The molecule has 0 bridgehead atoms. The lowest BCUT2D eigenvalue weighted by atomic mass is 10.1. The Morgan fingerprint density at radius 1 is 1.17 bits per heavy atom. The van der Waals surface area contributed by atoms with Crippen molar-refractivity contribution in [3.8, 4) is 11.5 Å². The number of aromatic nitrogens is 1. The molecule has 0 aliphatic carbocycles. The molecule has 1 aliphatic rings. The fraction of sp³-hybridized carbons (Fsp3) is 0.176. The van der Waals surface area contributed by atoms with Crippen molar-refractivity contribution < 1.29 is 14.3 Å². The maximum Gasteiger partial charge on any atom is 0.257 e. The van der Waals surface area contributed by atoms with Gasteiger partial charge >= 0.3 is 0 Å². The summed E-state index contributed by atoms with van der Waals surface area (Å²) < 4.78 is 11.7. The Morgan fingerprint density at radius 2 is 1.96 bits per heavy atom. The van der Waals surface area contributed by atoms with Crippen molar-refractivity contribution >= 4 is 32.6 Å². The normalized spacial score (nSPS) is 12.6. The summed E-state index contributed by atoms with van der Waals surface area (Å²) >= 11 is 1.42. The summed E-state index contributed by atoms with van der Waals surface area (Å²) in [6.07, 6.45) is 0. The monoisotopic (exact) mass is 326 g/mol. The van der Waals surface area contributed by atoms with Crippen molar-refractivity contribution in [2.75, 3.05) is 12.1 Å². The van der Waals surface area contributed by atoms with E-state index in [4.69, 9.17) is 9.47 Å². The molecule has 6 heteroatoms. The number of carbonyl (C=O) groups is 1. The summed E-state index contributed by atoms with van der Waals surface area (Å²) in [6, 6.07) is 9.55. The largest absolute Gasteiger partial charge is 0.454 e. The van der Waals surface area contributed by atoms with Crippen molar-refractivity contribution in [1.29, 1.82) is 0 Å². The molecule has 23 heavy (non-hydrogen) atoms. The van der Waals surface area contributed by atoms with Gasteiger partial charge in [0, 0.05) is 17.7 Å². The molecular formula is C17H14N2O3S. The predicted octanol–water partition coefficient (Wildman–Crippen LogP) is 3.89. The lowest BCUT2D eigenvalue weighted by Crippen LogP contribution is -2.13.